The van der Waals surface area contributed by atoms with Gasteiger partial charge in [-0.3, -0.25) is 10.1 Å². The Morgan fingerprint density at radius 1 is 1.39 bits per heavy atom. The third-order valence-corrected chi connectivity index (χ3v) is 3.98. The third-order valence-electron chi connectivity index (χ3n) is 3.98. The van der Waals surface area contributed by atoms with Crippen molar-refractivity contribution in [1.29, 1.82) is 0 Å². The summed E-state index contributed by atoms with van der Waals surface area (Å²) in [6.07, 6.45) is 2.08. The van der Waals surface area contributed by atoms with Gasteiger partial charge in [0.25, 0.3) is 0 Å². The number of nitrogens with one attached hydrogen (secondary N) is 1. The molecule has 0 spiro atoms. The zero-order valence-corrected chi connectivity index (χ0v) is 13.1. The Morgan fingerprint density at radius 2 is 1.94 bits per heavy atom. The van der Waals surface area contributed by atoms with Crippen LogP contribution in [0.2, 0.25) is 0 Å². The molecule has 0 saturated carbocycles. The zero-order valence-electron chi connectivity index (χ0n) is 13.1. The van der Waals surface area contributed by atoms with E-state index in [1.54, 1.807) is 0 Å². The number of carbonyl (C=O) groups excluding carboxylic acids is 1. The van der Waals surface area contributed by atoms with Gasteiger partial charge in [-0.1, -0.05) is 41.5 Å². The molecule has 0 aromatic rings. The molecule has 1 amide bonds. The Bertz CT molecular complexity index is 306. The number of hydrogen-bond donors (Lipinski definition) is 1. The summed E-state index contributed by atoms with van der Waals surface area (Å²) < 4.78 is 0. The van der Waals surface area contributed by atoms with Crippen molar-refractivity contribution in [1.82, 2.24) is 10.2 Å². The summed E-state index contributed by atoms with van der Waals surface area (Å²) in [6, 6.07) is 0. The van der Waals surface area contributed by atoms with E-state index in [1.165, 1.54) is 0 Å². The van der Waals surface area contributed by atoms with E-state index in [1.807, 2.05) is 6.92 Å². The number of amides is 1. The fraction of sp³-hybridized carbons (Fsp3) is 0.933. The zero-order chi connectivity index (χ0) is 14.1. The van der Waals surface area contributed by atoms with Gasteiger partial charge in [0.1, 0.15) is 0 Å². The van der Waals surface area contributed by atoms with Crippen LogP contribution in [0.3, 0.4) is 0 Å². The lowest BCUT2D eigenvalue weighted by Gasteiger charge is -2.30. The summed E-state index contributed by atoms with van der Waals surface area (Å²) in [4.78, 5) is 14.6. The first-order valence-corrected chi connectivity index (χ1v) is 7.19. The lowest BCUT2D eigenvalue weighted by molar-refractivity contribution is -0.133. The van der Waals surface area contributed by atoms with Crippen LogP contribution < -0.4 is 5.32 Å². The molecule has 1 saturated heterocycles. The second kappa shape index (κ2) is 5.20. The quantitative estimate of drug-likeness (QED) is 0.836. The highest BCUT2D eigenvalue weighted by molar-refractivity contribution is 5.88. The van der Waals surface area contributed by atoms with Gasteiger partial charge in [-0.25, -0.2) is 0 Å². The molecule has 0 radical (unpaired) electrons. The average molecular weight is 254 g/mol. The lowest BCUT2D eigenvalue weighted by atomic mass is 9.91. The monoisotopic (exact) mass is 254 g/mol. The van der Waals surface area contributed by atoms with Crippen molar-refractivity contribution in [3.8, 4) is 0 Å². The first kappa shape index (κ1) is 15.5. The van der Waals surface area contributed by atoms with Crippen LogP contribution in [0.5, 0.6) is 0 Å². The number of hydrogen-bond acceptors (Lipinski definition) is 2. The Morgan fingerprint density at radius 3 is 2.33 bits per heavy atom. The Kier molecular flexibility index (Phi) is 4.47. The van der Waals surface area contributed by atoms with E-state index in [2.05, 4.69) is 51.8 Å². The molecule has 1 rings (SSSR count). The summed E-state index contributed by atoms with van der Waals surface area (Å²) in [7, 11) is 0. The van der Waals surface area contributed by atoms with E-state index < -0.39 is 0 Å². The van der Waals surface area contributed by atoms with Crippen LogP contribution in [0, 0.1) is 11.3 Å². The van der Waals surface area contributed by atoms with E-state index >= 15 is 0 Å². The van der Waals surface area contributed by atoms with Crippen LogP contribution in [-0.2, 0) is 4.79 Å². The molecule has 0 aromatic carbocycles. The standard InChI is InChI=1S/C15H30N2O/c1-8-15(7)13(18)17(10-9-14(4,5)6)12(16-15)11(2)3/h11-12,16H,8-10H2,1-7H3. The minimum absolute atomic E-state index is 0.185. The van der Waals surface area contributed by atoms with Gasteiger partial charge in [0.2, 0.25) is 5.91 Å². The Hall–Kier alpha value is -0.570. The summed E-state index contributed by atoms with van der Waals surface area (Å²) in [5, 5.41) is 3.53. The van der Waals surface area contributed by atoms with Crippen LogP contribution in [0.4, 0.5) is 0 Å². The molecule has 1 heterocycles. The van der Waals surface area contributed by atoms with E-state index in [0.29, 0.717) is 5.92 Å². The van der Waals surface area contributed by atoms with Crippen LogP contribution >= 0.6 is 0 Å². The maximum atomic E-state index is 12.6. The second-order valence-corrected chi connectivity index (χ2v) is 7.33. The van der Waals surface area contributed by atoms with Crippen molar-refractivity contribution in [2.45, 2.75) is 73.0 Å². The van der Waals surface area contributed by atoms with Crippen molar-refractivity contribution in [3.63, 3.8) is 0 Å². The van der Waals surface area contributed by atoms with Gasteiger partial charge >= 0.3 is 0 Å². The SMILES string of the molecule is CCC1(C)NC(C(C)C)N(CCC(C)(C)C)C1=O. The molecule has 2 unspecified atom stereocenters. The first-order chi connectivity index (χ1) is 8.10. The molecular weight excluding hydrogens is 224 g/mol. The number of nitrogens with zero attached hydrogens (tertiary/aromatic N) is 1. The highest BCUT2D eigenvalue weighted by atomic mass is 16.2. The molecule has 0 bridgehead atoms. The van der Waals surface area contributed by atoms with Gasteiger partial charge in [-0.2, -0.15) is 0 Å². The van der Waals surface area contributed by atoms with Crippen molar-refractivity contribution < 1.29 is 4.79 Å². The van der Waals surface area contributed by atoms with Gasteiger partial charge in [0.05, 0.1) is 11.7 Å². The molecule has 1 N–H and O–H groups in total. The molecule has 1 aliphatic rings. The van der Waals surface area contributed by atoms with Crippen LogP contribution in [0.25, 0.3) is 0 Å². The number of carbonyl (C=O) groups is 1. The van der Waals surface area contributed by atoms with Crippen LogP contribution in [-0.4, -0.2) is 29.1 Å². The largest absolute Gasteiger partial charge is 0.325 e. The molecule has 1 aliphatic heterocycles. The summed E-state index contributed by atoms with van der Waals surface area (Å²) in [5.41, 5.74) is -0.0974. The molecule has 106 valence electrons. The molecule has 18 heavy (non-hydrogen) atoms. The van der Waals surface area contributed by atoms with Crippen molar-refractivity contribution >= 4 is 5.91 Å². The van der Waals surface area contributed by atoms with Gasteiger partial charge < -0.3 is 4.90 Å². The summed E-state index contributed by atoms with van der Waals surface area (Å²) in [6.45, 7) is 16.0. The molecule has 0 aliphatic carbocycles. The van der Waals surface area contributed by atoms with Crippen molar-refractivity contribution in [2.24, 2.45) is 11.3 Å². The maximum Gasteiger partial charge on any atom is 0.243 e. The van der Waals surface area contributed by atoms with Crippen molar-refractivity contribution in [3.05, 3.63) is 0 Å². The van der Waals surface area contributed by atoms with Crippen LogP contribution in [0.1, 0.15) is 61.3 Å². The fourth-order valence-corrected chi connectivity index (χ4v) is 2.39. The highest BCUT2D eigenvalue weighted by Gasteiger charge is 2.47. The maximum absolute atomic E-state index is 12.6. The number of rotatable bonds is 4. The predicted octanol–water partition coefficient (Wildman–Crippen LogP) is 3.01. The van der Waals surface area contributed by atoms with Gasteiger partial charge in [-0.15, -0.1) is 0 Å². The molecular formula is C15H30N2O. The Labute approximate surface area is 112 Å². The smallest absolute Gasteiger partial charge is 0.243 e. The topological polar surface area (TPSA) is 32.3 Å². The fourth-order valence-electron chi connectivity index (χ4n) is 2.39. The predicted molar refractivity (Wildman–Crippen MR) is 76.2 cm³/mol. The van der Waals surface area contributed by atoms with Gasteiger partial charge in [0, 0.05) is 6.54 Å². The molecule has 1 fully saturated rings. The third kappa shape index (κ3) is 3.25. The normalized spacial score (nSPS) is 29.4. The lowest BCUT2D eigenvalue weighted by Crippen LogP contribution is -2.45. The molecule has 3 nitrogen and oxygen atoms in total. The molecule has 3 heteroatoms. The van der Waals surface area contributed by atoms with Crippen molar-refractivity contribution in [2.75, 3.05) is 6.54 Å². The molecule has 2 atom stereocenters. The van der Waals surface area contributed by atoms with Gasteiger partial charge in [0.15, 0.2) is 0 Å². The minimum Gasteiger partial charge on any atom is -0.325 e. The van der Waals surface area contributed by atoms with Crippen LogP contribution in [0.15, 0.2) is 0 Å². The summed E-state index contributed by atoms with van der Waals surface area (Å²) >= 11 is 0. The van der Waals surface area contributed by atoms with E-state index in [9.17, 15) is 4.79 Å². The van der Waals surface area contributed by atoms with E-state index in [4.69, 9.17) is 0 Å². The summed E-state index contributed by atoms with van der Waals surface area (Å²) in [5.74, 6) is 0.718. The van der Waals surface area contributed by atoms with E-state index in [0.717, 1.165) is 19.4 Å². The Balaban J connectivity index is 2.82. The highest BCUT2D eigenvalue weighted by Crippen LogP contribution is 2.29. The molecule has 0 aromatic heterocycles. The second-order valence-electron chi connectivity index (χ2n) is 7.33. The minimum atomic E-state index is -0.368. The first-order valence-electron chi connectivity index (χ1n) is 7.19. The van der Waals surface area contributed by atoms with E-state index in [-0.39, 0.29) is 23.0 Å². The van der Waals surface area contributed by atoms with Gasteiger partial charge in [-0.05, 0) is 31.1 Å². The average Bonchev–Trinajstić information content (AvgIpc) is 2.49.